The lowest BCUT2D eigenvalue weighted by molar-refractivity contribution is 0.0955. The molecular weight excluding hydrogens is 376 g/mol. The number of carbonyl (C=O) groups is 1. The van der Waals surface area contributed by atoms with Crippen LogP contribution in [0.3, 0.4) is 0 Å². The lowest BCUT2D eigenvalue weighted by atomic mass is 10.2. The maximum absolute atomic E-state index is 12.8. The summed E-state index contributed by atoms with van der Waals surface area (Å²) >= 11 is 0. The number of hydrogen-bond acceptors (Lipinski definition) is 5. The van der Waals surface area contributed by atoms with Gasteiger partial charge in [0.15, 0.2) is 0 Å². The Morgan fingerprint density at radius 1 is 1.11 bits per heavy atom. The fraction of sp³-hybridized carbons (Fsp3) is 0.250. The number of nitriles is 1. The number of nitrogens with zero attached hydrogens (tertiary/aromatic N) is 3. The highest BCUT2D eigenvalue weighted by Gasteiger charge is 2.26. The van der Waals surface area contributed by atoms with Crippen molar-refractivity contribution in [2.24, 2.45) is 5.10 Å². The summed E-state index contributed by atoms with van der Waals surface area (Å²) in [5.41, 5.74) is 3.87. The molecule has 0 aliphatic carbocycles. The van der Waals surface area contributed by atoms with Gasteiger partial charge in [-0.3, -0.25) is 4.79 Å². The van der Waals surface area contributed by atoms with Gasteiger partial charge in [-0.25, -0.2) is 13.8 Å². The number of hydrazone groups is 1. The molecule has 0 saturated carbocycles. The number of nitrogens with one attached hydrogen (secondary N) is 1. The highest BCUT2D eigenvalue weighted by atomic mass is 32.2. The second-order valence-electron chi connectivity index (χ2n) is 6.43. The Hall–Kier alpha value is -3.02. The largest absolute Gasteiger partial charge is 0.271 e. The van der Waals surface area contributed by atoms with E-state index in [1.807, 2.05) is 6.07 Å². The number of benzene rings is 2. The van der Waals surface area contributed by atoms with Gasteiger partial charge < -0.3 is 0 Å². The molecule has 1 aliphatic rings. The third kappa shape index (κ3) is 4.63. The molecule has 2 aromatic carbocycles. The van der Waals surface area contributed by atoms with Crippen LogP contribution in [0.5, 0.6) is 0 Å². The van der Waals surface area contributed by atoms with E-state index in [4.69, 9.17) is 5.26 Å². The van der Waals surface area contributed by atoms with Crippen LogP contribution in [-0.4, -0.2) is 37.9 Å². The molecule has 1 heterocycles. The van der Waals surface area contributed by atoms with Gasteiger partial charge in [-0.15, -0.1) is 0 Å². The van der Waals surface area contributed by atoms with Crippen LogP contribution in [0, 0.1) is 11.3 Å². The Kier molecular flexibility index (Phi) is 6.19. The second-order valence-corrected chi connectivity index (χ2v) is 8.36. The Morgan fingerprint density at radius 2 is 1.82 bits per heavy atom. The van der Waals surface area contributed by atoms with Crippen molar-refractivity contribution in [3.05, 3.63) is 65.2 Å². The van der Waals surface area contributed by atoms with E-state index in [2.05, 4.69) is 10.5 Å². The van der Waals surface area contributed by atoms with E-state index < -0.39 is 15.9 Å². The van der Waals surface area contributed by atoms with E-state index in [1.54, 1.807) is 36.4 Å². The average Bonchev–Trinajstić information content (AvgIpc) is 2.75. The minimum Gasteiger partial charge on any atom is -0.267 e. The van der Waals surface area contributed by atoms with Crippen molar-refractivity contribution in [3.63, 3.8) is 0 Å². The van der Waals surface area contributed by atoms with Crippen LogP contribution in [0.2, 0.25) is 0 Å². The summed E-state index contributed by atoms with van der Waals surface area (Å²) < 4.78 is 27.0. The first-order chi connectivity index (χ1) is 13.5. The molecule has 3 rings (SSSR count). The average molecular weight is 396 g/mol. The highest BCUT2D eigenvalue weighted by Crippen LogP contribution is 2.21. The molecule has 28 heavy (non-hydrogen) atoms. The SMILES string of the molecule is N#Cc1ccc(C=NNC(=O)c2cccc(S(=O)(=O)N3CCCCC3)c2)cc1. The smallest absolute Gasteiger partial charge is 0.267 e. The normalized spacial score (nSPS) is 15.2. The zero-order valence-electron chi connectivity index (χ0n) is 15.2. The third-order valence-corrected chi connectivity index (χ3v) is 6.36. The van der Waals surface area contributed by atoms with Gasteiger partial charge in [0.25, 0.3) is 5.91 Å². The maximum Gasteiger partial charge on any atom is 0.271 e. The topological polar surface area (TPSA) is 103 Å². The van der Waals surface area contributed by atoms with E-state index in [0.29, 0.717) is 18.7 Å². The molecule has 7 nitrogen and oxygen atoms in total. The van der Waals surface area contributed by atoms with Crippen molar-refractivity contribution in [2.45, 2.75) is 24.2 Å². The Bertz CT molecular complexity index is 1020. The van der Waals surface area contributed by atoms with Crippen LogP contribution >= 0.6 is 0 Å². The predicted octanol–water partition coefficient (Wildman–Crippen LogP) is 2.50. The number of amides is 1. The van der Waals surface area contributed by atoms with Gasteiger partial charge in [0.05, 0.1) is 22.7 Å². The molecule has 0 bridgehead atoms. The summed E-state index contributed by atoms with van der Waals surface area (Å²) in [6, 6.07) is 14.7. The molecule has 0 aromatic heterocycles. The summed E-state index contributed by atoms with van der Waals surface area (Å²) in [5, 5.41) is 12.7. The number of carbonyl (C=O) groups excluding carboxylic acids is 1. The Morgan fingerprint density at radius 3 is 2.50 bits per heavy atom. The first-order valence-electron chi connectivity index (χ1n) is 8.94. The molecule has 0 atom stereocenters. The fourth-order valence-electron chi connectivity index (χ4n) is 2.93. The van der Waals surface area contributed by atoms with Gasteiger partial charge in [0.1, 0.15) is 0 Å². The highest BCUT2D eigenvalue weighted by molar-refractivity contribution is 7.89. The van der Waals surface area contributed by atoms with Crippen LogP contribution in [-0.2, 0) is 10.0 Å². The quantitative estimate of drug-likeness (QED) is 0.619. The van der Waals surface area contributed by atoms with Gasteiger partial charge in [0, 0.05) is 18.7 Å². The van der Waals surface area contributed by atoms with Gasteiger partial charge in [-0.2, -0.15) is 14.7 Å². The van der Waals surface area contributed by atoms with Crippen molar-refractivity contribution < 1.29 is 13.2 Å². The lowest BCUT2D eigenvalue weighted by Crippen LogP contribution is -2.35. The van der Waals surface area contributed by atoms with Gasteiger partial charge in [-0.1, -0.05) is 24.6 Å². The van der Waals surface area contributed by atoms with E-state index in [1.165, 1.54) is 22.7 Å². The van der Waals surface area contributed by atoms with E-state index in [0.717, 1.165) is 24.8 Å². The molecule has 1 aliphatic heterocycles. The van der Waals surface area contributed by atoms with Crippen molar-refractivity contribution in [1.29, 1.82) is 5.26 Å². The lowest BCUT2D eigenvalue weighted by Gasteiger charge is -2.25. The first kappa shape index (κ1) is 19.7. The maximum atomic E-state index is 12.8. The summed E-state index contributed by atoms with van der Waals surface area (Å²) in [6.45, 7) is 1.02. The summed E-state index contributed by atoms with van der Waals surface area (Å²) in [5.74, 6) is -0.499. The Labute approximate surface area is 164 Å². The number of rotatable bonds is 5. The summed E-state index contributed by atoms with van der Waals surface area (Å²) in [4.78, 5) is 12.4. The molecule has 8 heteroatoms. The molecular formula is C20H20N4O3S. The van der Waals surface area contributed by atoms with E-state index in [-0.39, 0.29) is 10.5 Å². The summed E-state index contributed by atoms with van der Waals surface area (Å²) in [6.07, 6.45) is 4.19. The summed E-state index contributed by atoms with van der Waals surface area (Å²) in [7, 11) is -3.60. The van der Waals surface area contributed by atoms with Gasteiger partial charge in [-0.05, 0) is 48.7 Å². The fourth-order valence-corrected chi connectivity index (χ4v) is 4.49. The number of piperidine rings is 1. The van der Waals surface area contributed by atoms with Gasteiger partial charge in [0.2, 0.25) is 10.0 Å². The molecule has 0 spiro atoms. The minimum absolute atomic E-state index is 0.109. The van der Waals surface area contributed by atoms with E-state index >= 15 is 0 Å². The zero-order valence-corrected chi connectivity index (χ0v) is 16.0. The first-order valence-corrected chi connectivity index (χ1v) is 10.4. The standard InChI is InChI=1S/C20H20N4O3S/c21-14-16-7-9-17(10-8-16)15-22-23-20(25)18-5-4-6-19(13-18)28(26,27)24-11-2-1-3-12-24/h4-10,13,15H,1-3,11-12H2,(H,23,25). The van der Waals surface area contributed by atoms with Crippen molar-refractivity contribution >= 4 is 22.1 Å². The molecule has 1 saturated heterocycles. The third-order valence-electron chi connectivity index (χ3n) is 4.47. The molecule has 0 radical (unpaired) electrons. The molecule has 1 amide bonds. The molecule has 1 N–H and O–H groups in total. The number of sulfonamides is 1. The Balaban J connectivity index is 1.69. The van der Waals surface area contributed by atoms with Crippen molar-refractivity contribution in [3.8, 4) is 6.07 Å². The van der Waals surface area contributed by atoms with Crippen molar-refractivity contribution in [1.82, 2.24) is 9.73 Å². The van der Waals surface area contributed by atoms with Crippen LogP contribution in [0.25, 0.3) is 0 Å². The van der Waals surface area contributed by atoms with Crippen LogP contribution in [0.1, 0.15) is 40.7 Å². The van der Waals surface area contributed by atoms with Crippen LogP contribution in [0.4, 0.5) is 0 Å². The number of hydrogen-bond donors (Lipinski definition) is 1. The minimum atomic E-state index is -3.60. The monoisotopic (exact) mass is 396 g/mol. The predicted molar refractivity (Wildman–Crippen MR) is 105 cm³/mol. The van der Waals surface area contributed by atoms with Crippen LogP contribution in [0.15, 0.2) is 58.5 Å². The van der Waals surface area contributed by atoms with Gasteiger partial charge >= 0.3 is 0 Å². The molecule has 144 valence electrons. The molecule has 2 aromatic rings. The van der Waals surface area contributed by atoms with Crippen LogP contribution < -0.4 is 5.43 Å². The van der Waals surface area contributed by atoms with E-state index in [9.17, 15) is 13.2 Å². The second kappa shape index (κ2) is 8.78. The van der Waals surface area contributed by atoms with Crippen molar-refractivity contribution in [2.75, 3.05) is 13.1 Å². The molecule has 0 unspecified atom stereocenters. The zero-order chi connectivity index (χ0) is 20.0. The molecule has 1 fully saturated rings.